The Balaban J connectivity index is 1.58. The predicted octanol–water partition coefficient (Wildman–Crippen LogP) is 4.43. The molecule has 5 nitrogen and oxygen atoms in total. The Kier molecular flexibility index (Phi) is 5.44. The Hall–Kier alpha value is -3.73. The lowest BCUT2D eigenvalue weighted by molar-refractivity contribution is -0.137. The van der Waals surface area contributed by atoms with Gasteiger partial charge in [0.1, 0.15) is 0 Å². The second kappa shape index (κ2) is 8.33. The van der Waals surface area contributed by atoms with Crippen LogP contribution in [-0.4, -0.2) is 33.8 Å². The maximum absolute atomic E-state index is 12.9. The van der Waals surface area contributed by atoms with Crippen LogP contribution in [0.4, 0.5) is 0 Å². The van der Waals surface area contributed by atoms with Crippen molar-refractivity contribution in [1.29, 1.82) is 0 Å². The number of rotatable bonds is 7. The molecule has 5 heteroatoms. The first-order valence-corrected chi connectivity index (χ1v) is 9.87. The van der Waals surface area contributed by atoms with Gasteiger partial charge in [0.25, 0.3) is 11.8 Å². The Labute approximate surface area is 174 Å². The average molecular weight is 399 g/mol. The fourth-order valence-electron chi connectivity index (χ4n) is 3.89. The number of benzene rings is 3. The number of carbonyl (C=O) groups excluding carboxylic acids is 2. The first-order chi connectivity index (χ1) is 14.5. The number of carboxylic acid groups (broad SMARTS) is 1. The summed E-state index contributed by atoms with van der Waals surface area (Å²) in [6, 6.07) is 24.1. The first kappa shape index (κ1) is 19.6. The summed E-state index contributed by atoms with van der Waals surface area (Å²) in [5.74, 6) is -1.66. The van der Waals surface area contributed by atoms with Gasteiger partial charge in [0.2, 0.25) is 0 Å². The van der Waals surface area contributed by atoms with E-state index in [2.05, 4.69) is 0 Å². The highest BCUT2D eigenvalue weighted by Gasteiger charge is 2.39. The molecule has 0 fully saturated rings. The van der Waals surface area contributed by atoms with Gasteiger partial charge in [-0.15, -0.1) is 0 Å². The molecule has 0 unspecified atom stereocenters. The molecule has 1 aliphatic heterocycles. The third kappa shape index (κ3) is 3.87. The van der Waals surface area contributed by atoms with Crippen molar-refractivity contribution in [3.63, 3.8) is 0 Å². The van der Waals surface area contributed by atoms with E-state index in [0.717, 1.165) is 16.7 Å². The minimum atomic E-state index is -0.948. The summed E-state index contributed by atoms with van der Waals surface area (Å²) in [5, 5.41) is 9.15. The molecule has 30 heavy (non-hydrogen) atoms. The highest BCUT2D eigenvalue weighted by molar-refractivity contribution is 6.21. The van der Waals surface area contributed by atoms with Gasteiger partial charge < -0.3 is 5.11 Å². The van der Waals surface area contributed by atoms with E-state index in [-0.39, 0.29) is 24.7 Å². The lowest BCUT2D eigenvalue weighted by Crippen LogP contribution is -2.41. The lowest BCUT2D eigenvalue weighted by atomic mass is 9.97. The van der Waals surface area contributed by atoms with Gasteiger partial charge in [-0.3, -0.25) is 19.3 Å². The fraction of sp³-hybridized carbons (Fsp3) is 0.160. The van der Waals surface area contributed by atoms with E-state index in [1.54, 1.807) is 24.3 Å². The van der Waals surface area contributed by atoms with Crippen LogP contribution in [0.3, 0.4) is 0 Å². The lowest BCUT2D eigenvalue weighted by Gasteiger charge is -2.26. The molecule has 1 heterocycles. The molecule has 1 aliphatic rings. The van der Waals surface area contributed by atoms with E-state index < -0.39 is 12.0 Å². The molecule has 0 aliphatic carbocycles. The summed E-state index contributed by atoms with van der Waals surface area (Å²) in [6.45, 7) is 0. The molecule has 0 bridgehead atoms. The Bertz CT molecular complexity index is 1050. The quantitative estimate of drug-likeness (QED) is 0.597. The minimum Gasteiger partial charge on any atom is -0.481 e. The summed E-state index contributed by atoms with van der Waals surface area (Å²) >= 11 is 0. The van der Waals surface area contributed by atoms with Crippen LogP contribution in [0, 0.1) is 0 Å². The third-order valence-corrected chi connectivity index (χ3v) is 5.41. The van der Waals surface area contributed by atoms with Crippen LogP contribution in [0.1, 0.15) is 39.1 Å². The van der Waals surface area contributed by atoms with Gasteiger partial charge in [0, 0.05) is 12.5 Å². The molecule has 0 radical (unpaired) electrons. The van der Waals surface area contributed by atoms with E-state index in [1.807, 2.05) is 54.6 Å². The number of carboxylic acids is 1. The Morgan fingerprint density at radius 3 is 1.87 bits per heavy atom. The number of hydrogen-bond donors (Lipinski definition) is 1. The van der Waals surface area contributed by atoms with Gasteiger partial charge in [-0.1, -0.05) is 66.7 Å². The molecule has 3 aromatic rings. The maximum atomic E-state index is 12.9. The van der Waals surface area contributed by atoms with E-state index >= 15 is 0 Å². The normalized spacial score (nSPS) is 13.9. The van der Waals surface area contributed by atoms with Gasteiger partial charge >= 0.3 is 5.97 Å². The van der Waals surface area contributed by atoms with Crippen molar-refractivity contribution in [2.75, 3.05) is 0 Å². The number of hydrogen-bond acceptors (Lipinski definition) is 3. The Morgan fingerprint density at radius 2 is 1.30 bits per heavy atom. The molecule has 0 aromatic heterocycles. The monoisotopic (exact) mass is 399 g/mol. The minimum absolute atomic E-state index is 0.111. The zero-order chi connectivity index (χ0) is 21.1. The molecule has 0 spiro atoms. The van der Waals surface area contributed by atoms with Gasteiger partial charge in [-0.05, 0) is 41.7 Å². The molecule has 150 valence electrons. The topological polar surface area (TPSA) is 74.7 Å². The SMILES string of the molecule is O=C(O)CC[C@@H](Cc1ccc(-c2ccccc2)cc1)N1C(=O)c2ccccc2C1=O. The molecule has 4 rings (SSSR count). The summed E-state index contributed by atoms with van der Waals surface area (Å²) < 4.78 is 0. The van der Waals surface area contributed by atoms with Crippen molar-refractivity contribution in [2.24, 2.45) is 0 Å². The number of nitrogens with zero attached hydrogens (tertiary/aromatic N) is 1. The highest BCUT2D eigenvalue weighted by Crippen LogP contribution is 2.28. The molecule has 2 amide bonds. The van der Waals surface area contributed by atoms with Crippen molar-refractivity contribution in [2.45, 2.75) is 25.3 Å². The molecular formula is C25H21NO4. The second-order valence-electron chi connectivity index (χ2n) is 7.38. The van der Waals surface area contributed by atoms with Crippen LogP contribution >= 0.6 is 0 Å². The molecule has 0 saturated heterocycles. The number of fused-ring (bicyclic) bond motifs is 1. The van der Waals surface area contributed by atoms with E-state index in [9.17, 15) is 14.4 Å². The van der Waals surface area contributed by atoms with Crippen molar-refractivity contribution >= 4 is 17.8 Å². The van der Waals surface area contributed by atoms with Crippen LogP contribution in [0.15, 0.2) is 78.9 Å². The van der Waals surface area contributed by atoms with Gasteiger partial charge in [0.15, 0.2) is 0 Å². The fourth-order valence-corrected chi connectivity index (χ4v) is 3.89. The summed E-state index contributed by atoms with van der Waals surface area (Å²) in [5.41, 5.74) is 3.88. The molecule has 0 saturated carbocycles. The van der Waals surface area contributed by atoms with E-state index in [0.29, 0.717) is 17.5 Å². The summed E-state index contributed by atoms with van der Waals surface area (Å²) in [7, 11) is 0. The van der Waals surface area contributed by atoms with E-state index in [4.69, 9.17) is 5.11 Å². The predicted molar refractivity (Wildman–Crippen MR) is 113 cm³/mol. The van der Waals surface area contributed by atoms with Crippen molar-refractivity contribution < 1.29 is 19.5 Å². The van der Waals surface area contributed by atoms with Crippen LogP contribution < -0.4 is 0 Å². The highest BCUT2D eigenvalue weighted by atomic mass is 16.4. The molecule has 1 atom stereocenters. The molecule has 1 N–H and O–H groups in total. The Morgan fingerprint density at radius 1 is 0.767 bits per heavy atom. The van der Waals surface area contributed by atoms with E-state index in [1.165, 1.54) is 4.90 Å². The van der Waals surface area contributed by atoms with Crippen LogP contribution in [-0.2, 0) is 11.2 Å². The van der Waals surface area contributed by atoms with Crippen LogP contribution in [0.25, 0.3) is 11.1 Å². The molecule has 3 aromatic carbocycles. The molecular weight excluding hydrogens is 378 g/mol. The second-order valence-corrected chi connectivity index (χ2v) is 7.38. The standard InChI is InChI=1S/C25H21NO4/c27-23(28)15-14-20(26-24(29)21-8-4-5-9-22(21)25(26)30)16-17-10-12-19(13-11-17)18-6-2-1-3-7-18/h1-13,20H,14-16H2,(H,27,28)/t20-/m0/s1. The maximum Gasteiger partial charge on any atom is 0.303 e. The van der Waals surface area contributed by atoms with Crippen molar-refractivity contribution in [3.8, 4) is 11.1 Å². The number of aliphatic carboxylic acids is 1. The smallest absolute Gasteiger partial charge is 0.303 e. The summed E-state index contributed by atoms with van der Waals surface area (Å²) in [6.07, 6.45) is 0.509. The van der Waals surface area contributed by atoms with Crippen LogP contribution in [0.2, 0.25) is 0 Å². The third-order valence-electron chi connectivity index (χ3n) is 5.41. The van der Waals surface area contributed by atoms with Gasteiger partial charge in [0.05, 0.1) is 11.1 Å². The first-order valence-electron chi connectivity index (χ1n) is 9.87. The largest absolute Gasteiger partial charge is 0.481 e. The number of amides is 2. The zero-order valence-corrected chi connectivity index (χ0v) is 16.3. The van der Waals surface area contributed by atoms with Gasteiger partial charge in [-0.2, -0.15) is 0 Å². The number of imide groups is 1. The van der Waals surface area contributed by atoms with Gasteiger partial charge in [-0.25, -0.2) is 0 Å². The number of carbonyl (C=O) groups is 3. The van der Waals surface area contributed by atoms with Crippen molar-refractivity contribution in [1.82, 2.24) is 4.90 Å². The van der Waals surface area contributed by atoms with Crippen molar-refractivity contribution in [3.05, 3.63) is 95.6 Å². The summed E-state index contributed by atoms with van der Waals surface area (Å²) in [4.78, 5) is 38.2. The van der Waals surface area contributed by atoms with Crippen LogP contribution in [0.5, 0.6) is 0 Å². The zero-order valence-electron chi connectivity index (χ0n) is 16.3. The average Bonchev–Trinajstić information content (AvgIpc) is 3.03.